The Balaban J connectivity index is 1.17. The Kier molecular flexibility index (Phi) is 6.63. The molecule has 180 valence electrons. The van der Waals surface area contributed by atoms with Gasteiger partial charge < -0.3 is 10.2 Å². The average Bonchev–Trinajstić information content (AvgIpc) is 3.62. The lowest BCUT2D eigenvalue weighted by atomic mass is 10.0. The van der Waals surface area contributed by atoms with E-state index in [0.717, 1.165) is 47.3 Å². The molecule has 2 aliphatic rings. The molecule has 1 saturated carbocycles. The van der Waals surface area contributed by atoms with Gasteiger partial charge in [-0.15, -0.1) is 0 Å². The van der Waals surface area contributed by atoms with E-state index in [1.807, 2.05) is 23.1 Å². The lowest BCUT2D eigenvalue weighted by Crippen LogP contribution is -2.36. The number of carbonyl (C=O) groups is 2. The number of hydrogen-bond donors (Lipinski definition) is 2. The van der Waals surface area contributed by atoms with E-state index in [4.69, 9.17) is 16.6 Å². The molecule has 2 N–H and O–H groups in total. The summed E-state index contributed by atoms with van der Waals surface area (Å²) in [5.74, 6) is -0.0606. The standard InChI is InChI=1S/C26H27ClN6O2/c1-16(34)33(22-5-6-22)15-20-4-2-17(13-29-20)10-21-11-18(8-9-28-21)26(35)30-14-25-23-12-19(27)3-7-24(23)31-32-25/h2-3,7-9,11-12,22H,4-6,10,13-15H2,1H3,(H,30,35)(H,31,32). The van der Waals surface area contributed by atoms with Crippen LogP contribution in [0.1, 0.15) is 47.9 Å². The minimum absolute atomic E-state index is 0.119. The number of nitrogens with zero attached hydrogens (tertiary/aromatic N) is 4. The number of dihydropyridines is 1. The van der Waals surface area contributed by atoms with Crippen LogP contribution in [0.25, 0.3) is 10.9 Å². The lowest BCUT2D eigenvalue weighted by molar-refractivity contribution is -0.128. The number of aliphatic imine (C=N–C) groups is 1. The molecule has 0 radical (unpaired) electrons. The Labute approximate surface area is 208 Å². The molecule has 1 aliphatic heterocycles. The maximum absolute atomic E-state index is 12.8. The number of allylic oxidation sites excluding steroid dienone is 1. The van der Waals surface area contributed by atoms with Crippen molar-refractivity contribution in [3.8, 4) is 0 Å². The van der Waals surface area contributed by atoms with Crippen molar-refractivity contribution < 1.29 is 9.59 Å². The molecule has 8 nitrogen and oxygen atoms in total. The summed E-state index contributed by atoms with van der Waals surface area (Å²) >= 11 is 6.10. The Morgan fingerprint density at radius 2 is 2.09 bits per heavy atom. The van der Waals surface area contributed by atoms with Crippen LogP contribution in [0.15, 0.2) is 53.2 Å². The normalized spacial score (nSPS) is 15.5. The van der Waals surface area contributed by atoms with Gasteiger partial charge in [0.05, 0.1) is 30.8 Å². The van der Waals surface area contributed by atoms with E-state index < -0.39 is 0 Å². The molecule has 2 amide bonds. The predicted octanol–water partition coefficient (Wildman–Crippen LogP) is 3.87. The van der Waals surface area contributed by atoms with Crippen molar-refractivity contribution in [2.45, 2.75) is 45.2 Å². The van der Waals surface area contributed by atoms with Crippen molar-refractivity contribution in [3.63, 3.8) is 0 Å². The van der Waals surface area contributed by atoms with Gasteiger partial charge in [-0.3, -0.25) is 24.7 Å². The van der Waals surface area contributed by atoms with Crippen molar-refractivity contribution >= 4 is 40.0 Å². The first-order valence-electron chi connectivity index (χ1n) is 11.8. The molecule has 0 bridgehead atoms. The van der Waals surface area contributed by atoms with Gasteiger partial charge in [0.15, 0.2) is 0 Å². The SMILES string of the molecule is CC(=O)N(CC1=NCC(Cc2cc(C(=O)NCc3[nH]nc4ccc(Cl)cc34)ccn2)=CC1)C1CC1. The molecule has 9 heteroatoms. The zero-order chi connectivity index (χ0) is 24.4. The minimum Gasteiger partial charge on any atom is -0.346 e. The predicted molar refractivity (Wildman–Crippen MR) is 136 cm³/mol. The number of fused-ring (bicyclic) bond motifs is 1. The van der Waals surface area contributed by atoms with Crippen LogP contribution in [0.4, 0.5) is 0 Å². The van der Waals surface area contributed by atoms with Gasteiger partial charge in [0.1, 0.15) is 0 Å². The van der Waals surface area contributed by atoms with Crippen molar-refractivity contribution in [2.75, 3.05) is 13.1 Å². The number of rotatable bonds is 8. The summed E-state index contributed by atoms with van der Waals surface area (Å²) in [7, 11) is 0. The molecule has 0 spiro atoms. The highest BCUT2D eigenvalue weighted by Crippen LogP contribution is 2.27. The van der Waals surface area contributed by atoms with Gasteiger partial charge in [0.25, 0.3) is 5.91 Å². The van der Waals surface area contributed by atoms with Crippen LogP contribution >= 0.6 is 11.6 Å². The van der Waals surface area contributed by atoms with Gasteiger partial charge in [-0.05, 0) is 48.7 Å². The second-order valence-electron chi connectivity index (χ2n) is 9.09. The number of carbonyl (C=O) groups excluding carboxylic acids is 2. The fraction of sp³-hybridized carbons (Fsp3) is 0.346. The summed E-state index contributed by atoms with van der Waals surface area (Å²) in [5.41, 5.74) is 5.20. The van der Waals surface area contributed by atoms with Gasteiger partial charge in [-0.2, -0.15) is 5.10 Å². The fourth-order valence-electron chi connectivity index (χ4n) is 4.32. The Bertz CT molecular complexity index is 1340. The topological polar surface area (TPSA) is 103 Å². The summed E-state index contributed by atoms with van der Waals surface area (Å²) < 4.78 is 0. The van der Waals surface area contributed by atoms with Crippen LogP contribution in [-0.4, -0.2) is 56.7 Å². The first-order chi connectivity index (χ1) is 17.0. The largest absolute Gasteiger partial charge is 0.346 e. The molecule has 2 aromatic heterocycles. The number of aromatic nitrogens is 3. The average molecular weight is 491 g/mol. The Morgan fingerprint density at radius 3 is 2.83 bits per heavy atom. The molecule has 0 atom stereocenters. The molecule has 1 fully saturated rings. The zero-order valence-electron chi connectivity index (χ0n) is 19.6. The van der Waals surface area contributed by atoms with Gasteiger partial charge in [0.2, 0.25) is 5.91 Å². The number of hydrogen-bond acceptors (Lipinski definition) is 5. The summed E-state index contributed by atoms with van der Waals surface area (Å²) in [6.07, 6.45) is 7.41. The molecule has 3 heterocycles. The van der Waals surface area contributed by atoms with E-state index in [0.29, 0.717) is 42.7 Å². The third-order valence-electron chi connectivity index (χ3n) is 6.38. The van der Waals surface area contributed by atoms with Crippen LogP contribution < -0.4 is 5.32 Å². The highest BCUT2D eigenvalue weighted by Gasteiger charge is 2.31. The summed E-state index contributed by atoms with van der Waals surface area (Å²) in [5, 5.41) is 11.7. The van der Waals surface area contributed by atoms with E-state index in [1.54, 1.807) is 25.3 Å². The molecule has 3 aromatic rings. The highest BCUT2D eigenvalue weighted by atomic mass is 35.5. The monoisotopic (exact) mass is 490 g/mol. The minimum atomic E-state index is -0.180. The smallest absolute Gasteiger partial charge is 0.251 e. The van der Waals surface area contributed by atoms with Crippen molar-refractivity contribution in [3.05, 3.63) is 70.2 Å². The molecular weight excluding hydrogens is 464 g/mol. The van der Waals surface area contributed by atoms with Crippen molar-refractivity contribution in [2.24, 2.45) is 4.99 Å². The van der Waals surface area contributed by atoms with Gasteiger partial charge in [0, 0.05) is 59.4 Å². The Morgan fingerprint density at radius 1 is 1.23 bits per heavy atom. The fourth-order valence-corrected chi connectivity index (χ4v) is 4.49. The molecule has 35 heavy (non-hydrogen) atoms. The zero-order valence-corrected chi connectivity index (χ0v) is 20.3. The number of aromatic amines is 1. The molecular formula is C26H27ClN6O2. The third kappa shape index (κ3) is 5.59. The molecule has 0 unspecified atom stereocenters. The number of H-pyrrole nitrogens is 1. The second kappa shape index (κ2) is 10.00. The van der Waals surface area contributed by atoms with E-state index in [-0.39, 0.29) is 11.8 Å². The summed E-state index contributed by atoms with van der Waals surface area (Å²) in [6.45, 7) is 3.16. The first-order valence-corrected chi connectivity index (χ1v) is 12.2. The quantitative estimate of drug-likeness (QED) is 0.468. The van der Waals surface area contributed by atoms with Gasteiger partial charge in [-0.25, -0.2) is 0 Å². The third-order valence-corrected chi connectivity index (χ3v) is 6.62. The number of nitrogens with one attached hydrogen (secondary N) is 2. The molecule has 5 rings (SSSR count). The van der Waals surface area contributed by atoms with Gasteiger partial charge in [-0.1, -0.05) is 17.7 Å². The van der Waals surface area contributed by atoms with E-state index in [1.165, 1.54) is 5.57 Å². The molecule has 1 aliphatic carbocycles. The maximum Gasteiger partial charge on any atom is 0.251 e. The summed E-state index contributed by atoms with van der Waals surface area (Å²) in [4.78, 5) is 35.8. The summed E-state index contributed by atoms with van der Waals surface area (Å²) in [6, 6.07) is 9.38. The van der Waals surface area contributed by atoms with Crippen LogP contribution in [0.5, 0.6) is 0 Å². The maximum atomic E-state index is 12.8. The van der Waals surface area contributed by atoms with Crippen LogP contribution in [0, 0.1) is 0 Å². The number of pyridine rings is 1. The Hall–Kier alpha value is -3.52. The first kappa shape index (κ1) is 23.2. The number of benzene rings is 1. The number of amides is 2. The highest BCUT2D eigenvalue weighted by molar-refractivity contribution is 6.31. The molecule has 1 aromatic carbocycles. The van der Waals surface area contributed by atoms with Crippen LogP contribution in [0.3, 0.4) is 0 Å². The van der Waals surface area contributed by atoms with E-state index in [9.17, 15) is 9.59 Å². The van der Waals surface area contributed by atoms with E-state index >= 15 is 0 Å². The van der Waals surface area contributed by atoms with Crippen molar-refractivity contribution in [1.29, 1.82) is 0 Å². The van der Waals surface area contributed by atoms with Crippen LogP contribution in [0.2, 0.25) is 5.02 Å². The number of halogens is 1. The van der Waals surface area contributed by atoms with Crippen molar-refractivity contribution in [1.82, 2.24) is 25.4 Å². The van der Waals surface area contributed by atoms with Crippen LogP contribution in [-0.2, 0) is 17.8 Å². The second-order valence-corrected chi connectivity index (χ2v) is 9.52. The lowest BCUT2D eigenvalue weighted by Gasteiger charge is -2.23. The van der Waals surface area contributed by atoms with E-state index in [2.05, 4.69) is 26.6 Å². The van der Waals surface area contributed by atoms with Gasteiger partial charge >= 0.3 is 0 Å². The molecule has 0 saturated heterocycles.